The van der Waals surface area contributed by atoms with Crippen molar-refractivity contribution >= 4 is 11.6 Å². The van der Waals surface area contributed by atoms with Crippen molar-refractivity contribution in [2.75, 3.05) is 11.1 Å². The van der Waals surface area contributed by atoms with E-state index in [0.29, 0.717) is 17.8 Å². The summed E-state index contributed by atoms with van der Waals surface area (Å²) in [4.78, 5) is 8.97. The van der Waals surface area contributed by atoms with Crippen LogP contribution in [0.3, 0.4) is 0 Å². The number of nitrogens with zero attached hydrogens (tertiary/aromatic N) is 2. The molecule has 1 rings (SSSR count). The molecule has 1 atom stereocenters. The lowest BCUT2D eigenvalue weighted by atomic mass is 10.1. The van der Waals surface area contributed by atoms with E-state index in [0.717, 1.165) is 17.2 Å². The Morgan fingerprint density at radius 1 is 1.10 bits per heavy atom. The van der Waals surface area contributed by atoms with Crippen molar-refractivity contribution in [2.45, 2.75) is 78.7 Å². The molecule has 3 N–H and O–H groups in total. The predicted octanol–water partition coefficient (Wildman–Crippen LogP) is 4.26. The largest absolute Gasteiger partial charge is 0.383 e. The van der Waals surface area contributed by atoms with Gasteiger partial charge in [-0.15, -0.1) is 0 Å². The summed E-state index contributed by atoms with van der Waals surface area (Å²) in [5, 5.41) is 3.49. The van der Waals surface area contributed by atoms with Crippen molar-refractivity contribution in [3.8, 4) is 0 Å². The summed E-state index contributed by atoms with van der Waals surface area (Å²) in [6.45, 7) is 10.6. The van der Waals surface area contributed by atoms with Crippen molar-refractivity contribution in [3.05, 3.63) is 11.4 Å². The third-order valence-corrected chi connectivity index (χ3v) is 3.59. The number of anilines is 2. The Bertz CT molecular complexity index is 415. The van der Waals surface area contributed by atoms with Gasteiger partial charge in [0, 0.05) is 17.5 Å². The second kappa shape index (κ2) is 8.08. The number of nitrogens with one attached hydrogen (secondary N) is 1. The van der Waals surface area contributed by atoms with Crippen molar-refractivity contribution in [3.63, 3.8) is 0 Å². The van der Waals surface area contributed by atoms with Gasteiger partial charge in [-0.2, -0.15) is 0 Å². The molecule has 1 aromatic rings. The highest BCUT2D eigenvalue weighted by molar-refractivity contribution is 5.55. The summed E-state index contributed by atoms with van der Waals surface area (Å²) in [5.74, 6) is 2.58. The molecular weight excluding hydrogens is 248 g/mol. The molecule has 0 fully saturated rings. The molecule has 0 spiro atoms. The fraction of sp³-hybridized carbons (Fsp3) is 0.750. The van der Waals surface area contributed by atoms with E-state index in [2.05, 4.69) is 43.0 Å². The van der Waals surface area contributed by atoms with E-state index in [9.17, 15) is 0 Å². The maximum Gasteiger partial charge on any atom is 0.135 e. The topological polar surface area (TPSA) is 63.8 Å². The van der Waals surface area contributed by atoms with Crippen LogP contribution in [0.5, 0.6) is 0 Å². The zero-order valence-corrected chi connectivity index (χ0v) is 13.7. The van der Waals surface area contributed by atoms with Gasteiger partial charge in [-0.05, 0) is 20.3 Å². The molecule has 0 aliphatic rings. The zero-order chi connectivity index (χ0) is 15.1. The van der Waals surface area contributed by atoms with Crippen molar-refractivity contribution in [1.29, 1.82) is 0 Å². The van der Waals surface area contributed by atoms with Gasteiger partial charge in [0.15, 0.2) is 0 Å². The highest BCUT2D eigenvalue weighted by atomic mass is 15.1. The SMILES string of the molecule is CCCCCCC(C)Nc1nc(C(C)C)nc(N)c1C. The van der Waals surface area contributed by atoms with Crippen LogP contribution in [0.2, 0.25) is 0 Å². The number of unbranched alkanes of at least 4 members (excludes halogenated alkanes) is 3. The zero-order valence-electron chi connectivity index (χ0n) is 13.7. The molecule has 1 unspecified atom stereocenters. The van der Waals surface area contributed by atoms with Crippen molar-refractivity contribution in [1.82, 2.24) is 9.97 Å². The van der Waals surface area contributed by atoms with E-state index in [-0.39, 0.29) is 0 Å². The maximum absolute atomic E-state index is 5.98. The Labute approximate surface area is 123 Å². The lowest BCUT2D eigenvalue weighted by Crippen LogP contribution is -2.18. The molecule has 0 amide bonds. The molecule has 0 aliphatic carbocycles. The van der Waals surface area contributed by atoms with Gasteiger partial charge < -0.3 is 11.1 Å². The Balaban J connectivity index is 2.66. The summed E-state index contributed by atoms with van der Waals surface area (Å²) in [7, 11) is 0. The molecule has 0 aliphatic heterocycles. The maximum atomic E-state index is 5.98. The number of hydrogen-bond donors (Lipinski definition) is 2. The van der Waals surface area contributed by atoms with Crippen LogP contribution in [0, 0.1) is 6.92 Å². The molecule has 0 saturated heterocycles. The lowest BCUT2D eigenvalue weighted by molar-refractivity contribution is 0.592. The number of hydrogen-bond acceptors (Lipinski definition) is 4. The molecule has 1 aromatic heterocycles. The normalized spacial score (nSPS) is 12.7. The van der Waals surface area contributed by atoms with E-state index in [1.165, 1.54) is 32.1 Å². The van der Waals surface area contributed by atoms with Crippen LogP contribution >= 0.6 is 0 Å². The predicted molar refractivity (Wildman–Crippen MR) is 87.1 cm³/mol. The first-order valence-corrected chi connectivity index (χ1v) is 7.86. The fourth-order valence-electron chi connectivity index (χ4n) is 2.13. The summed E-state index contributed by atoms with van der Waals surface area (Å²) < 4.78 is 0. The average molecular weight is 278 g/mol. The Morgan fingerprint density at radius 2 is 1.80 bits per heavy atom. The van der Waals surface area contributed by atoms with Gasteiger partial charge in [-0.1, -0.05) is 46.5 Å². The van der Waals surface area contributed by atoms with Gasteiger partial charge >= 0.3 is 0 Å². The summed E-state index contributed by atoms with van der Waals surface area (Å²) >= 11 is 0. The fourth-order valence-corrected chi connectivity index (χ4v) is 2.13. The number of rotatable bonds is 8. The van der Waals surface area contributed by atoms with Gasteiger partial charge in [0.1, 0.15) is 17.5 Å². The van der Waals surface area contributed by atoms with Gasteiger partial charge in [0.05, 0.1) is 0 Å². The minimum atomic E-state index is 0.290. The molecule has 0 radical (unpaired) electrons. The second-order valence-electron chi connectivity index (χ2n) is 5.99. The summed E-state index contributed by atoms with van der Waals surface area (Å²) in [5.41, 5.74) is 6.94. The molecule has 0 saturated carbocycles. The summed E-state index contributed by atoms with van der Waals surface area (Å²) in [6.07, 6.45) is 6.34. The van der Waals surface area contributed by atoms with Crippen LogP contribution in [0.25, 0.3) is 0 Å². The van der Waals surface area contributed by atoms with E-state index in [1.54, 1.807) is 0 Å². The molecule has 0 aromatic carbocycles. The van der Waals surface area contributed by atoms with Gasteiger partial charge in [0.2, 0.25) is 0 Å². The molecule has 0 bridgehead atoms. The number of nitrogen functional groups attached to an aromatic ring is 1. The Kier molecular flexibility index (Phi) is 6.76. The van der Waals surface area contributed by atoms with E-state index < -0.39 is 0 Å². The average Bonchev–Trinajstić information content (AvgIpc) is 2.39. The molecule has 4 nitrogen and oxygen atoms in total. The molecule has 20 heavy (non-hydrogen) atoms. The first-order chi connectivity index (χ1) is 9.45. The van der Waals surface area contributed by atoms with Gasteiger partial charge in [-0.25, -0.2) is 9.97 Å². The smallest absolute Gasteiger partial charge is 0.135 e. The Hall–Kier alpha value is -1.32. The van der Waals surface area contributed by atoms with Crippen LogP contribution < -0.4 is 11.1 Å². The van der Waals surface area contributed by atoms with E-state index in [4.69, 9.17) is 5.73 Å². The minimum Gasteiger partial charge on any atom is -0.383 e. The highest BCUT2D eigenvalue weighted by Crippen LogP contribution is 2.22. The third kappa shape index (κ3) is 4.99. The summed E-state index contributed by atoms with van der Waals surface area (Å²) in [6, 6.07) is 0.417. The quantitative estimate of drug-likeness (QED) is 0.697. The van der Waals surface area contributed by atoms with Crippen LogP contribution in [0.4, 0.5) is 11.6 Å². The second-order valence-corrected chi connectivity index (χ2v) is 5.99. The standard InChI is InChI=1S/C16H30N4/c1-6-7-8-9-10-12(4)18-16-13(5)14(17)19-15(20-16)11(2)3/h11-12H,6-10H2,1-5H3,(H3,17,18,19,20). The third-order valence-electron chi connectivity index (χ3n) is 3.59. The van der Waals surface area contributed by atoms with Gasteiger partial charge in [0.25, 0.3) is 0 Å². The van der Waals surface area contributed by atoms with Crippen molar-refractivity contribution < 1.29 is 0 Å². The van der Waals surface area contributed by atoms with Crippen LogP contribution in [-0.2, 0) is 0 Å². The lowest BCUT2D eigenvalue weighted by Gasteiger charge is -2.18. The van der Waals surface area contributed by atoms with Crippen LogP contribution in [0.1, 0.15) is 77.1 Å². The van der Waals surface area contributed by atoms with Crippen LogP contribution in [0.15, 0.2) is 0 Å². The minimum absolute atomic E-state index is 0.290. The highest BCUT2D eigenvalue weighted by Gasteiger charge is 2.12. The van der Waals surface area contributed by atoms with E-state index >= 15 is 0 Å². The number of aromatic nitrogens is 2. The monoisotopic (exact) mass is 278 g/mol. The molecule has 114 valence electrons. The van der Waals surface area contributed by atoms with Gasteiger partial charge in [-0.3, -0.25) is 0 Å². The molecule has 1 heterocycles. The van der Waals surface area contributed by atoms with Crippen LogP contribution in [-0.4, -0.2) is 16.0 Å². The first kappa shape index (κ1) is 16.7. The van der Waals surface area contributed by atoms with Crippen molar-refractivity contribution in [2.24, 2.45) is 0 Å². The molecular formula is C16H30N4. The Morgan fingerprint density at radius 3 is 2.40 bits per heavy atom. The molecule has 4 heteroatoms. The first-order valence-electron chi connectivity index (χ1n) is 7.86. The van der Waals surface area contributed by atoms with E-state index in [1.807, 2.05) is 6.92 Å². The number of nitrogens with two attached hydrogens (primary N) is 1.